The van der Waals surface area contributed by atoms with E-state index in [0.717, 1.165) is 45.1 Å². The van der Waals surface area contributed by atoms with E-state index >= 15 is 0 Å². The van der Waals surface area contributed by atoms with Crippen LogP contribution in [0, 0.1) is 11.3 Å². The molecule has 0 unspecified atom stereocenters. The molecule has 0 atom stereocenters. The molecule has 5 heteroatoms. The molecule has 1 aromatic carbocycles. The summed E-state index contributed by atoms with van der Waals surface area (Å²) in [5, 5.41) is 7.54. The standard InChI is InChI=1S/C16H25N3O2/c1-19(10-12-5-7-21-8-6-12)11-13-3-4-14(16(17)18)15(9-13)20-2/h3-4,9,12H,5-8,10-11H2,1-2H3,(H3,17,18). The molecule has 1 aliphatic rings. The lowest BCUT2D eigenvalue weighted by Gasteiger charge is -2.27. The molecule has 1 saturated heterocycles. The van der Waals surface area contributed by atoms with Crippen LogP contribution in [-0.2, 0) is 11.3 Å². The molecule has 21 heavy (non-hydrogen) atoms. The Hall–Kier alpha value is -1.59. The Bertz CT molecular complexity index is 484. The van der Waals surface area contributed by atoms with Crippen LogP contribution < -0.4 is 10.5 Å². The number of hydrogen-bond donors (Lipinski definition) is 2. The number of rotatable bonds is 6. The lowest BCUT2D eigenvalue weighted by molar-refractivity contribution is 0.0549. The van der Waals surface area contributed by atoms with Gasteiger partial charge >= 0.3 is 0 Å². The predicted molar refractivity (Wildman–Crippen MR) is 83.9 cm³/mol. The Morgan fingerprint density at radius 2 is 2.14 bits per heavy atom. The van der Waals surface area contributed by atoms with Crippen LogP contribution in [0.2, 0.25) is 0 Å². The molecule has 0 saturated carbocycles. The third-order valence-corrected chi connectivity index (χ3v) is 3.92. The number of nitrogens with zero attached hydrogens (tertiary/aromatic N) is 1. The minimum Gasteiger partial charge on any atom is -0.496 e. The van der Waals surface area contributed by atoms with E-state index in [4.69, 9.17) is 20.6 Å². The number of ether oxygens (including phenoxy) is 2. The van der Waals surface area contributed by atoms with E-state index in [2.05, 4.69) is 11.9 Å². The molecule has 116 valence electrons. The van der Waals surface area contributed by atoms with Gasteiger partial charge in [0.05, 0.1) is 12.7 Å². The highest BCUT2D eigenvalue weighted by atomic mass is 16.5. The molecule has 1 fully saturated rings. The fourth-order valence-corrected chi connectivity index (χ4v) is 2.80. The van der Waals surface area contributed by atoms with Crippen LogP contribution in [0.25, 0.3) is 0 Å². The fourth-order valence-electron chi connectivity index (χ4n) is 2.80. The molecule has 2 rings (SSSR count). The summed E-state index contributed by atoms with van der Waals surface area (Å²) in [6, 6.07) is 5.84. The zero-order valence-electron chi connectivity index (χ0n) is 12.9. The summed E-state index contributed by atoms with van der Waals surface area (Å²) >= 11 is 0. The third-order valence-electron chi connectivity index (χ3n) is 3.92. The van der Waals surface area contributed by atoms with Crippen LogP contribution in [0.3, 0.4) is 0 Å². The number of methoxy groups -OCH3 is 1. The summed E-state index contributed by atoms with van der Waals surface area (Å²) in [4.78, 5) is 2.33. The van der Waals surface area contributed by atoms with Crippen molar-refractivity contribution in [2.75, 3.05) is 33.9 Å². The van der Waals surface area contributed by atoms with Crippen molar-refractivity contribution in [2.24, 2.45) is 11.7 Å². The minimum atomic E-state index is 0.0361. The number of amidine groups is 1. The fraction of sp³-hybridized carbons (Fsp3) is 0.562. The zero-order chi connectivity index (χ0) is 15.2. The molecule has 1 heterocycles. The van der Waals surface area contributed by atoms with Crippen LogP contribution in [0.15, 0.2) is 18.2 Å². The van der Waals surface area contributed by atoms with Gasteiger partial charge < -0.3 is 20.1 Å². The zero-order valence-corrected chi connectivity index (χ0v) is 12.9. The van der Waals surface area contributed by atoms with Crippen molar-refractivity contribution in [3.63, 3.8) is 0 Å². The van der Waals surface area contributed by atoms with E-state index in [-0.39, 0.29) is 5.84 Å². The van der Waals surface area contributed by atoms with Crippen LogP contribution in [0.4, 0.5) is 0 Å². The Morgan fingerprint density at radius 3 is 2.76 bits per heavy atom. The van der Waals surface area contributed by atoms with Crippen LogP contribution in [0.1, 0.15) is 24.0 Å². The van der Waals surface area contributed by atoms with Crippen molar-refractivity contribution in [3.8, 4) is 5.75 Å². The van der Waals surface area contributed by atoms with E-state index in [1.54, 1.807) is 7.11 Å². The SMILES string of the molecule is COc1cc(CN(C)CC2CCOCC2)ccc1C(=N)N. The van der Waals surface area contributed by atoms with Gasteiger partial charge in [0.2, 0.25) is 0 Å². The van der Waals surface area contributed by atoms with Gasteiger partial charge in [-0.05, 0) is 43.5 Å². The number of nitrogens with one attached hydrogen (secondary N) is 1. The summed E-state index contributed by atoms with van der Waals surface area (Å²) in [6.45, 7) is 3.73. The largest absolute Gasteiger partial charge is 0.496 e. The number of nitrogen functional groups attached to an aromatic ring is 1. The average molecular weight is 291 g/mol. The summed E-state index contributed by atoms with van der Waals surface area (Å²) in [6.07, 6.45) is 2.30. The molecule has 0 bridgehead atoms. The van der Waals surface area contributed by atoms with Crippen LogP contribution >= 0.6 is 0 Å². The maximum Gasteiger partial charge on any atom is 0.130 e. The molecular formula is C16H25N3O2. The molecule has 0 spiro atoms. The van der Waals surface area contributed by atoms with Crippen LogP contribution in [-0.4, -0.2) is 44.7 Å². The van der Waals surface area contributed by atoms with Crippen molar-refractivity contribution < 1.29 is 9.47 Å². The van der Waals surface area contributed by atoms with Gasteiger partial charge in [-0.1, -0.05) is 6.07 Å². The van der Waals surface area contributed by atoms with E-state index in [0.29, 0.717) is 11.3 Å². The van der Waals surface area contributed by atoms with E-state index in [9.17, 15) is 0 Å². The molecule has 1 aliphatic heterocycles. The lowest BCUT2D eigenvalue weighted by Crippen LogP contribution is -2.29. The average Bonchev–Trinajstić information content (AvgIpc) is 2.47. The topological polar surface area (TPSA) is 71.6 Å². The number of benzene rings is 1. The van der Waals surface area contributed by atoms with Crippen molar-refractivity contribution in [2.45, 2.75) is 19.4 Å². The Balaban J connectivity index is 1.96. The maximum absolute atomic E-state index is 7.54. The van der Waals surface area contributed by atoms with Crippen molar-refractivity contribution in [1.29, 1.82) is 5.41 Å². The predicted octanol–water partition coefficient (Wildman–Crippen LogP) is 1.84. The Kier molecular flexibility index (Phi) is 5.59. The molecule has 1 aromatic rings. The normalized spacial score (nSPS) is 16.1. The van der Waals surface area contributed by atoms with E-state index < -0.39 is 0 Å². The van der Waals surface area contributed by atoms with Gasteiger partial charge in [0.25, 0.3) is 0 Å². The van der Waals surface area contributed by atoms with Crippen molar-refractivity contribution >= 4 is 5.84 Å². The van der Waals surface area contributed by atoms with E-state index in [1.807, 2.05) is 18.2 Å². The van der Waals surface area contributed by atoms with Crippen molar-refractivity contribution in [1.82, 2.24) is 4.90 Å². The highest BCUT2D eigenvalue weighted by Gasteiger charge is 2.16. The molecule has 0 amide bonds. The maximum atomic E-state index is 7.54. The van der Waals surface area contributed by atoms with Gasteiger partial charge in [-0.15, -0.1) is 0 Å². The summed E-state index contributed by atoms with van der Waals surface area (Å²) < 4.78 is 10.7. The second-order valence-corrected chi connectivity index (χ2v) is 5.70. The monoisotopic (exact) mass is 291 g/mol. The second-order valence-electron chi connectivity index (χ2n) is 5.70. The van der Waals surface area contributed by atoms with Gasteiger partial charge in [-0.3, -0.25) is 5.41 Å². The molecule has 3 N–H and O–H groups in total. The molecule has 5 nitrogen and oxygen atoms in total. The molecule has 0 radical (unpaired) electrons. The van der Waals surface area contributed by atoms with Gasteiger partial charge in [-0.25, -0.2) is 0 Å². The van der Waals surface area contributed by atoms with Crippen molar-refractivity contribution in [3.05, 3.63) is 29.3 Å². The highest BCUT2D eigenvalue weighted by molar-refractivity contribution is 5.97. The lowest BCUT2D eigenvalue weighted by atomic mass is 9.99. The summed E-state index contributed by atoms with van der Waals surface area (Å²) in [5.41, 5.74) is 7.37. The van der Waals surface area contributed by atoms with Crippen LogP contribution in [0.5, 0.6) is 5.75 Å². The quantitative estimate of drug-likeness (QED) is 0.619. The van der Waals surface area contributed by atoms with Gasteiger partial charge in [0, 0.05) is 26.3 Å². The Labute approximate surface area is 126 Å². The first kappa shape index (κ1) is 15.8. The first-order chi connectivity index (χ1) is 10.1. The summed E-state index contributed by atoms with van der Waals surface area (Å²) in [7, 11) is 3.75. The molecule has 0 aromatic heterocycles. The Morgan fingerprint density at radius 1 is 1.43 bits per heavy atom. The summed E-state index contributed by atoms with van der Waals surface area (Å²) in [5.74, 6) is 1.43. The molecular weight excluding hydrogens is 266 g/mol. The number of nitrogens with two attached hydrogens (primary N) is 1. The smallest absolute Gasteiger partial charge is 0.130 e. The van der Waals surface area contributed by atoms with E-state index in [1.165, 1.54) is 5.56 Å². The first-order valence-electron chi connectivity index (χ1n) is 7.37. The van der Waals surface area contributed by atoms with Gasteiger partial charge in [-0.2, -0.15) is 0 Å². The first-order valence-corrected chi connectivity index (χ1v) is 7.37. The third kappa shape index (κ3) is 4.44. The number of hydrogen-bond acceptors (Lipinski definition) is 4. The van der Waals surface area contributed by atoms with Gasteiger partial charge in [0.1, 0.15) is 11.6 Å². The minimum absolute atomic E-state index is 0.0361. The van der Waals surface area contributed by atoms with Gasteiger partial charge in [0.15, 0.2) is 0 Å². The molecule has 0 aliphatic carbocycles. The highest BCUT2D eigenvalue weighted by Crippen LogP contribution is 2.21. The second kappa shape index (κ2) is 7.43.